The molecule has 0 saturated carbocycles. The van der Waals surface area contributed by atoms with E-state index >= 15 is 0 Å². The number of fused-ring (bicyclic) bond motifs is 4. The summed E-state index contributed by atoms with van der Waals surface area (Å²) in [7, 11) is 0. The van der Waals surface area contributed by atoms with Crippen molar-refractivity contribution in [3.05, 3.63) is 78.4 Å². The van der Waals surface area contributed by atoms with Crippen LogP contribution in [0.15, 0.2) is 72.8 Å². The lowest BCUT2D eigenvalue weighted by Crippen LogP contribution is -2.21. The predicted molar refractivity (Wildman–Crippen MR) is 106 cm³/mol. The zero-order chi connectivity index (χ0) is 17.6. The molecule has 0 aliphatic heterocycles. The fourth-order valence-electron chi connectivity index (χ4n) is 3.20. The molecule has 0 atom stereocenters. The second-order valence-corrected chi connectivity index (χ2v) is 5.97. The minimum absolute atomic E-state index is 0.732. The van der Waals surface area contributed by atoms with Gasteiger partial charge < -0.3 is 4.90 Å². The molecule has 1 aliphatic carbocycles. The molecule has 3 aromatic carbocycles. The summed E-state index contributed by atoms with van der Waals surface area (Å²) in [6.45, 7) is 6.24. The van der Waals surface area contributed by atoms with Gasteiger partial charge in [-0.1, -0.05) is 48.5 Å². The minimum atomic E-state index is 0.732. The van der Waals surface area contributed by atoms with Gasteiger partial charge in [-0.15, -0.1) is 0 Å². The summed E-state index contributed by atoms with van der Waals surface area (Å²) in [5.41, 5.74) is 7.49. The average molecular weight is 329 g/mol. The maximum absolute atomic E-state index is 10.4. The average Bonchev–Trinajstić information content (AvgIpc) is 2.68. The topological polar surface area (TPSA) is 20.3 Å². The molecular formula is C23H23NO. The molecule has 0 radical (unpaired) electrons. The SMILES string of the molecule is CCN(CC)c1ccc(C=O)cc1.c1ccc2c(c1)-c1ccccc1-2. The third kappa shape index (κ3) is 3.48. The molecule has 0 heterocycles. The van der Waals surface area contributed by atoms with Gasteiger partial charge in [0.2, 0.25) is 0 Å². The van der Waals surface area contributed by atoms with E-state index in [-0.39, 0.29) is 0 Å². The van der Waals surface area contributed by atoms with E-state index in [1.165, 1.54) is 27.9 Å². The summed E-state index contributed by atoms with van der Waals surface area (Å²) >= 11 is 0. The number of aldehydes is 1. The molecule has 1 aliphatic rings. The van der Waals surface area contributed by atoms with Gasteiger partial charge in [0, 0.05) is 24.3 Å². The summed E-state index contributed by atoms with van der Waals surface area (Å²) in [6.07, 6.45) is 0.867. The van der Waals surface area contributed by atoms with E-state index in [4.69, 9.17) is 0 Å². The summed E-state index contributed by atoms with van der Waals surface area (Å²) < 4.78 is 0. The third-order valence-electron chi connectivity index (χ3n) is 4.59. The maximum Gasteiger partial charge on any atom is 0.150 e. The second-order valence-electron chi connectivity index (χ2n) is 5.97. The van der Waals surface area contributed by atoms with Crippen LogP contribution in [-0.4, -0.2) is 19.4 Å². The van der Waals surface area contributed by atoms with Crippen LogP contribution in [0.2, 0.25) is 0 Å². The van der Waals surface area contributed by atoms with Crippen molar-refractivity contribution in [1.29, 1.82) is 0 Å². The Bertz CT molecular complexity index is 748. The highest BCUT2D eigenvalue weighted by molar-refractivity contribution is 6.02. The molecule has 0 spiro atoms. The number of carbonyl (C=O) groups excluding carboxylic acids is 1. The first-order chi connectivity index (χ1) is 12.3. The lowest BCUT2D eigenvalue weighted by molar-refractivity contribution is 0.112. The van der Waals surface area contributed by atoms with E-state index in [9.17, 15) is 4.79 Å². The van der Waals surface area contributed by atoms with Gasteiger partial charge in [-0.05, 0) is 60.4 Å². The van der Waals surface area contributed by atoms with Gasteiger partial charge in [0.15, 0.2) is 0 Å². The Kier molecular flexibility index (Phi) is 5.30. The van der Waals surface area contributed by atoms with Gasteiger partial charge in [-0.2, -0.15) is 0 Å². The standard InChI is InChI=1S/C12H8.C11H15NO/c1-2-6-10-9(5-1)11-7-3-4-8-12(10)11;1-3-12(4-2)11-7-5-10(9-13)6-8-11/h1-8H;5-9H,3-4H2,1-2H3. The predicted octanol–water partition coefficient (Wildman–Crippen LogP) is 5.68. The molecule has 0 unspecified atom stereocenters. The van der Waals surface area contributed by atoms with Crippen molar-refractivity contribution >= 4 is 12.0 Å². The van der Waals surface area contributed by atoms with E-state index in [0.717, 1.165) is 24.9 Å². The molecule has 4 rings (SSSR count). The fraction of sp³-hybridized carbons (Fsp3) is 0.174. The van der Waals surface area contributed by atoms with Crippen molar-refractivity contribution in [2.45, 2.75) is 13.8 Å². The normalized spacial score (nSPS) is 10.5. The minimum Gasteiger partial charge on any atom is -0.372 e. The molecule has 25 heavy (non-hydrogen) atoms. The summed E-state index contributed by atoms with van der Waals surface area (Å²) in [5, 5.41) is 0. The highest BCUT2D eigenvalue weighted by atomic mass is 16.1. The Morgan fingerprint density at radius 3 is 1.40 bits per heavy atom. The molecule has 126 valence electrons. The van der Waals surface area contributed by atoms with Crippen LogP contribution in [0, 0.1) is 0 Å². The Morgan fingerprint density at radius 1 is 0.680 bits per heavy atom. The Labute approximate surface area is 149 Å². The second kappa shape index (κ2) is 7.80. The largest absolute Gasteiger partial charge is 0.372 e. The number of benzene rings is 3. The van der Waals surface area contributed by atoms with Crippen LogP contribution in [-0.2, 0) is 0 Å². The van der Waals surface area contributed by atoms with Crippen molar-refractivity contribution in [3.8, 4) is 22.3 Å². The summed E-state index contributed by atoms with van der Waals surface area (Å²) in [5.74, 6) is 0. The zero-order valence-corrected chi connectivity index (χ0v) is 14.8. The zero-order valence-electron chi connectivity index (χ0n) is 14.8. The monoisotopic (exact) mass is 329 g/mol. The van der Waals surface area contributed by atoms with E-state index in [1.54, 1.807) is 0 Å². The van der Waals surface area contributed by atoms with Gasteiger partial charge in [0.1, 0.15) is 6.29 Å². The fourth-order valence-corrected chi connectivity index (χ4v) is 3.20. The Morgan fingerprint density at radius 2 is 1.08 bits per heavy atom. The number of hydrogen-bond acceptors (Lipinski definition) is 2. The Balaban J connectivity index is 0.000000146. The van der Waals surface area contributed by atoms with Crippen LogP contribution >= 0.6 is 0 Å². The van der Waals surface area contributed by atoms with Crippen LogP contribution in [0.1, 0.15) is 24.2 Å². The molecular weight excluding hydrogens is 306 g/mol. The van der Waals surface area contributed by atoms with Gasteiger partial charge in [0.25, 0.3) is 0 Å². The van der Waals surface area contributed by atoms with Crippen molar-refractivity contribution in [2.24, 2.45) is 0 Å². The van der Waals surface area contributed by atoms with Crippen molar-refractivity contribution in [2.75, 3.05) is 18.0 Å². The molecule has 3 aromatic rings. The van der Waals surface area contributed by atoms with Crippen molar-refractivity contribution in [1.82, 2.24) is 0 Å². The lowest BCUT2D eigenvalue weighted by Gasteiger charge is -2.22. The number of nitrogens with zero attached hydrogens (tertiary/aromatic N) is 1. The quantitative estimate of drug-likeness (QED) is 0.449. The smallest absolute Gasteiger partial charge is 0.150 e. The first kappa shape index (κ1) is 17.0. The number of anilines is 1. The van der Waals surface area contributed by atoms with E-state index in [2.05, 4.69) is 67.3 Å². The highest BCUT2D eigenvalue weighted by Gasteiger charge is 2.19. The van der Waals surface area contributed by atoms with Crippen LogP contribution in [0.5, 0.6) is 0 Å². The molecule has 2 heteroatoms. The van der Waals surface area contributed by atoms with Crippen molar-refractivity contribution in [3.63, 3.8) is 0 Å². The third-order valence-corrected chi connectivity index (χ3v) is 4.59. The number of carbonyl (C=O) groups is 1. The molecule has 0 bridgehead atoms. The van der Waals surface area contributed by atoms with Crippen LogP contribution in [0.4, 0.5) is 5.69 Å². The van der Waals surface area contributed by atoms with Gasteiger partial charge in [0.05, 0.1) is 0 Å². The Hall–Kier alpha value is -2.87. The van der Waals surface area contributed by atoms with E-state index in [1.807, 2.05) is 24.3 Å². The van der Waals surface area contributed by atoms with E-state index in [0.29, 0.717) is 0 Å². The van der Waals surface area contributed by atoms with Crippen LogP contribution < -0.4 is 4.90 Å². The summed E-state index contributed by atoms with van der Waals surface area (Å²) in [4.78, 5) is 12.7. The molecule has 0 fully saturated rings. The first-order valence-corrected chi connectivity index (χ1v) is 8.77. The van der Waals surface area contributed by atoms with Gasteiger partial charge >= 0.3 is 0 Å². The molecule has 0 saturated heterocycles. The van der Waals surface area contributed by atoms with E-state index < -0.39 is 0 Å². The van der Waals surface area contributed by atoms with Crippen molar-refractivity contribution < 1.29 is 4.79 Å². The molecule has 0 amide bonds. The molecule has 0 aromatic heterocycles. The van der Waals surface area contributed by atoms with Crippen LogP contribution in [0.25, 0.3) is 22.3 Å². The number of rotatable bonds is 4. The number of hydrogen-bond donors (Lipinski definition) is 0. The van der Waals surface area contributed by atoms with Gasteiger partial charge in [-0.25, -0.2) is 0 Å². The highest BCUT2D eigenvalue weighted by Crippen LogP contribution is 2.46. The van der Waals surface area contributed by atoms with Gasteiger partial charge in [-0.3, -0.25) is 4.79 Å². The summed E-state index contributed by atoms with van der Waals surface area (Å²) in [6, 6.07) is 24.7. The first-order valence-electron chi connectivity index (χ1n) is 8.77. The molecule has 2 nitrogen and oxygen atoms in total. The lowest BCUT2D eigenvalue weighted by atomic mass is 9.81. The maximum atomic E-state index is 10.4. The van der Waals surface area contributed by atoms with Crippen LogP contribution in [0.3, 0.4) is 0 Å². The molecule has 0 N–H and O–H groups in total.